The van der Waals surface area contributed by atoms with E-state index in [9.17, 15) is 14.4 Å². The van der Waals surface area contributed by atoms with Crippen LogP contribution in [-0.2, 0) is 17.6 Å². The standard InChI is InChI=1S/C24H27FN6OS2/c1-15(30(2)3)22-28-29-24(31(22)17-11-9-16(25)10-12-17)33-14-21(32)27-23-19(13-26)18-7-5-4-6-8-20(18)34-23/h9-12,15H,4-8,14H2,1-3H3,(H,27,32)/t15-/m0/s1. The summed E-state index contributed by atoms with van der Waals surface area (Å²) in [6.07, 6.45) is 5.23. The molecule has 2 aromatic heterocycles. The van der Waals surface area contributed by atoms with Crippen LogP contribution in [0.5, 0.6) is 0 Å². The highest BCUT2D eigenvalue weighted by atomic mass is 32.2. The number of carbonyl (C=O) groups excluding carboxylic acids is 1. The highest BCUT2D eigenvalue weighted by Crippen LogP contribution is 2.37. The maximum Gasteiger partial charge on any atom is 0.235 e. The normalized spacial score (nSPS) is 14.4. The molecule has 1 amide bonds. The van der Waals surface area contributed by atoms with E-state index < -0.39 is 0 Å². The number of nitrogens with zero attached hydrogens (tertiary/aromatic N) is 5. The third-order valence-electron chi connectivity index (χ3n) is 6.01. The average molecular weight is 499 g/mol. The molecule has 2 heterocycles. The number of aryl methyl sites for hydroxylation is 1. The van der Waals surface area contributed by atoms with E-state index >= 15 is 0 Å². The van der Waals surface area contributed by atoms with Crippen LogP contribution in [0.15, 0.2) is 29.4 Å². The molecule has 7 nitrogen and oxygen atoms in total. The molecule has 178 valence electrons. The minimum atomic E-state index is -0.324. The fourth-order valence-electron chi connectivity index (χ4n) is 3.95. The maximum atomic E-state index is 13.5. The third kappa shape index (κ3) is 5.17. The second-order valence-electron chi connectivity index (χ2n) is 8.51. The van der Waals surface area contributed by atoms with Crippen molar-refractivity contribution in [1.82, 2.24) is 19.7 Å². The number of hydrogen-bond acceptors (Lipinski definition) is 7. The number of thiophene rings is 1. The Balaban J connectivity index is 1.53. The van der Waals surface area contributed by atoms with Gasteiger partial charge in [-0.05, 0) is 76.5 Å². The lowest BCUT2D eigenvalue weighted by Crippen LogP contribution is -2.21. The van der Waals surface area contributed by atoms with Crippen LogP contribution in [0.25, 0.3) is 5.69 Å². The molecule has 3 aromatic rings. The van der Waals surface area contributed by atoms with Crippen molar-refractivity contribution in [2.24, 2.45) is 0 Å². The summed E-state index contributed by atoms with van der Waals surface area (Å²) in [5.74, 6) is 0.292. The largest absolute Gasteiger partial charge is 0.316 e. The summed E-state index contributed by atoms with van der Waals surface area (Å²) in [6, 6.07) is 8.39. The van der Waals surface area contributed by atoms with Crippen LogP contribution >= 0.6 is 23.1 Å². The number of thioether (sulfide) groups is 1. The van der Waals surface area contributed by atoms with Gasteiger partial charge in [-0.3, -0.25) is 14.3 Å². The molecule has 1 aromatic carbocycles. The van der Waals surface area contributed by atoms with Gasteiger partial charge in [0.05, 0.1) is 17.4 Å². The van der Waals surface area contributed by atoms with Gasteiger partial charge in [-0.15, -0.1) is 21.5 Å². The molecule has 0 spiro atoms. The lowest BCUT2D eigenvalue weighted by atomic mass is 10.1. The highest BCUT2D eigenvalue weighted by Gasteiger charge is 2.23. The zero-order valence-corrected chi connectivity index (χ0v) is 21.1. The van der Waals surface area contributed by atoms with E-state index in [0.717, 1.165) is 36.9 Å². The van der Waals surface area contributed by atoms with E-state index in [-0.39, 0.29) is 23.5 Å². The van der Waals surface area contributed by atoms with Gasteiger partial charge < -0.3 is 5.32 Å². The van der Waals surface area contributed by atoms with Crippen molar-refractivity contribution in [2.45, 2.75) is 50.2 Å². The van der Waals surface area contributed by atoms with Crippen LogP contribution in [0.1, 0.15) is 54.1 Å². The van der Waals surface area contributed by atoms with Crippen molar-refractivity contribution in [3.63, 3.8) is 0 Å². The predicted octanol–water partition coefficient (Wildman–Crippen LogP) is 4.96. The smallest absolute Gasteiger partial charge is 0.235 e. The molecular weight excluding hydrogens is 471 g/mol. The van der Waals surface area contributed by atoms with E-state index in [1.807, 2.05) is 30.5 Å². The number of rotatable bonds is 7. The van der Waals surface area contributed by atoms with Crippen molar-refractivity contribution in [3.8, 4) is 11.8 Å². The summed E-state index contributed by atoms with van der Waals surface area (Å²) in [6.45, 7) is 2.01. The molecular formula is C24H27FN6OS2. The SMILES string of the molecule is C[C@@H](c1nnc(SCC(=O)Nc2sc3c(c2C#N)CCCCC3)n1-c1ccc(F)cc1)N(C)C. The number of anilines is 1. The Bertz CT molecular complexity index is 1210. The maximum absolute atomic E-state index is 13.5. The van der Waals surface area contributed by atoms with Gasteiger partial charge in [0.15, 0.2) is 11.0 Å². The fourth-order valence-corrected chi connectivity index (χ4v) is 5.97. The monoisotopic (exact) mass is 498 g/mol. The average Bonchev–Trinajstić information content (AvgIpc) is 3.30. The molecule has 0 fully saturated rings. The molecule has 1 atom stereocenters. The number of nitrogens with one attached hydrogen (secondary N) is 1. The van der Waals surface area contributed by atoms with Gasteiger partial charge in [0.25, 0.3) is 0 Å². The summed E-state index contributed by atoms with van der Waals surface area (Å²) in [5, 5.41) is 22.5. The summed E-state index contributed by atoms with van der Waals surface area (Å²) in [4.78, 5) is 16.1. The molecule has 0 saturated carbocycles. The second kappa shape index (κ2) is 10.7. The summed E-state index contributed by atoms with van der Waals surface area (Å²) < 4.78 is 15.4. The topological polar surface area (TPSA) is 86.8 Å². The Hall–Kier alpha value is -2.74. The van der Waals surface area contributed by atoms with Crippen LogP contribution in [0.2, 0.25) is 0 Å². The summed E-state index contributed by atoms with van der Waals surface area (Å²) >= 11 is 2.79. The van der Waals surface area contributed by atoms with E-state index in [2.05, 4.69) is 21.6 Å². The first-order valence-electron chi connectivity index (χ1n) is 11.2. The first-order valence-corrected chi connectivity index (χ1v) is 13.0. The number of carbonyl (C=O) groups is 1. The van der Waals surface area contributed by atoms with Crippen LogP contribution in [0.4, 0.5) is 9.39 Å². The van der Waals surface area contributed by atoms with E-state index in [1.165, 1.54) is 46.5 Å². The first-order chi connectivity index (χ1) is 16.4. The minimum absolute atomic E-state index is 0.0413. The summed E-state index contributed by atoms with van der Waals surface area (Å²) in [5.41, 5.74) is 2.44. The Morgan fingerprint density at radius 1 is 1.26 bits per heavy atom. The van der Waals surface area contributed by atoms with Crippen LogP contribution in [0, 0.1) is 17.1 Å². The zero-order chi connectivity index (χ0) is 24.2. The van der Waals surface area contributed by atoms with E-state index in [0.29, 0.717) is 21.5 Å². The Morgan fingerprint density at radius 2 is 2.00 bits per heavy atom. The molecule has 4 rings (SSSR count). The van der Waals surface area contributed by atoms with Crippen molar-refractivity contribution < 1.29 is 9.18 Å². The zero-order valence-electron chi connectivity index (χ0n) is 19.5. The van der Waals surface area contributed by atoms with Gasteiger partial charge in [0, 0.05) is 10.6 Å². The minimum Gasteiger partial charge on any atom is -0.316 e. The van der Waals surface area contributed by atoms with Crippen molar-refractivity contribution in [2.75, 3.05) is 25.2 Å². The summed E-state index contributed by atoms with van der Waals surface area (Å²) in [7, 11) is 3.90. The molecule has 1 N–H and O–H groups in total. The molecule has 1 aliphatic rings. The number of hydrogen-bond donors (Lipinski definition) is 1. The van der Waals surface area contributed by atoms with Crippen LogP contribution < -0.4 is 5.32 Å². The highest BCUT2D eigenvalue weighted by molar-refractivity contribution is 7.99. The van der Waals surface area contributed by atoms with Gasteiger partial charge in [-0.25, -0.2) is 4.39 Å². The predicted molar refractivity (Wildman–Crippen MR) is 133 cm³/mol. The Morgan fingerprint density at radius 3 is 2.71 bits per heavy atom. The lowest BCUT2D eigenvalue weighted by Gasteiger charge is -2.20. The number of nitriles is 1. The third-order valence-corrected chi connectivity index (χ3v) is 8.15. The number of halogens is 1. The van der Waals surface area contributed by atoms with Gasteiger partial charge in [0.1, 0.15) is 16.9 Å². The number of fused-ring (bicyclic) bond motifs is 1. The van der Waals surface area contributed by atoms with Crippen molar-refractivity contribution in [1.29, 1.82) is 5.26 Å². The van der Waals surface area contributed by atoms with Crippen molar-refractivity contribution in [3.05, 3.63) is 51.9 Å². The molecule has 1 aliphatic carbocycles. The fraction of sp³-hybridized carbons (Fsp3) is 0.417. The number of benzene rings is 1. The van der Waals surface area contributed by atoms with E-state index in [4.69, 9.17) is 0 Å². The molecule has 0 aliphatic heterocycles. The molecule has 0 unspecified atom stereocenters. The van der Waals surface area contributed by atoms with E-state index in [1.54, 1.807) is 12.1 Å². The van der Waals surface area contributed by atoms with Crippen molar-refractivity contribution >= 4 is 34.0 Å². The van der Waals surface area contributed by atoms with Gasteiger partial charge in [-0.1, -0.05) is 18.2 Å². The molecule has 0 bridgehead atoms. The van der Waals surface area contributed by atoms with Crippen LogP contribution in [0.3, 0.4) is 0 Å². The molecule has 0 saturated heterocycles. The molecule has 0 radical (unpaired) electrons. The quantitative estimate of drug-likeness (QED) is 0.366. The Kier molecular flexibility index (Phi) is 7.66. The second-order valence-corrected chi connectivity index (χ2v) is 10.6. The Labute approximate surface area is 207 Å². The van der Waals surface area contributed by atoms with Gasteiger partial charge in [-0.2, -0.15) is 5.26 Å². The first kappa shape index (κ1) is 24.4. The van der Waals surface area contributed by atoms with Gasteiger partial charge >= 0.3 is 0 Å². The molecule has 34 heavy (non-hydrogen) atoms. The number of amides is 1. The van der Waals surface area contributed by atoms with Crippen LogP contribution in [-0.4, -0.2) is 45.4 Å². The van der Waals surface area contributed by atoms with Gasteiger partial charge in [0.2, 0.25) is 5.91 Å². The molecule has 10 heteroatoms. The number of aromatic nitrogens is 3. The lowest BCUT2D eigenvalue weighted by molar-refractivity contribution is -0.113.